The Morgan fingerprint density at radius 3 is 2.19 bits per heavy atom. The van der Waals surface area contributed by atoms with Crippen molar-refractivity contribution >= 4 is 22.6 Å². The van der Waals surface area contributed by atoms with Crippen LogP contribution in [0.2, 0.25) is 0 Å². The summed E-state index contributed by atoms with van der Waals surface area (Å²) in [4.78, 5) is 0. The number of rotatable bonds is 0. The Hall–Kier alpha value is 0.650. The Bertz CT molecular complexity index is 210. The van der Waals surface area contributed by atoms with Gasteiger partial charge in [0.15, 0.2) is 0 Å². The zero-order valence-electron chi connectivity index (χ0n) is 11.5. The minimum absolute atomic E-state index is 0.196. The molecule has 0 aromatic rings. The first-order valence-corrected chi connectivity index (χ1v) is 7.47. The summed E-state index contributed by atoms with van der Waals surface area (Å²) in [6.07, 6.45) is 2.58. The van der Waals surface area contributed by atoms with Crippen LogP contribution in [0.1, 0.15) is 54.4 Å². The Kier molecular flexibility index (Phi) is 6.81. The predicted molar refractivity (Wildman–Crippen MR) is 77.9 cm³/mol. The number of hydrogen-bond acceptors (Lipinski definition) is 2. The zero-order valence-corrected chi connectivity index (χ0v) is 13.7. The van der Waals surface area contributed by atoms with Gasteiger partial charge in [-0.3, -0.25) is 0 Å². The molecule has 0 aromatic heterocycles. The molecule has 0 amide bonds. The predicted octanol–water partition coefficient (Wildman–Crippen LogP) is 4.00. The third-order valence-corrected chi connectivity index (χ3v) is 5.11. The van der Waals surface area contributed by atoms with Crippen LogP contribution in [0.5, 0.6) is 0 Å². The van der Waals surface area contributed by atoms with Gasteiger partial charge in [0.25, 0.3) is 0 Å². The molecule has 2 aliphatic rings. The summed E-state index contributed by atoms with van der Waals surface area (Å²) in [6.45, 7) is 12.8. The third-order valence-electron chi connectivity index (χ3n) is 3.38. The molecule has 4 unspecified atom stereocenters. The third kappa shape index (κ3) is 3.33. The molecule has 0 radical (unpaired) electrons. The van der Waals surface area contributed by atoms with Crippen LogP contribution in [-0.2, 0) is 4.74 Å². The highest BCUT2D eigenvalue weighted by Crippen LogP contribution is 2.64. The molecular weight excluding hydrogens is 315 g/mol. The molecule has 1 saturated carbocycles. The van der Waals surface area contributed by atoms with Gasteiger partial charge in [0.1, 0.15) is 9.21 Å². The van der Waals surface area contributed by atoms with Gasteiger partial charge in [0.05, 0.1) is 0 Å². The Balaban J connectivity index is 0.000000394. The number of aliphatic hydroxyl groups excluding tert-OH is 1. The lowest BCUT2D eigenvalue weighted by molar-refractivity contribution is 0.227. The van der Waals surface area contributed by atoms with Gasteiger partial charge < -0.3 is 9.84 Å². The maximum absolute atomic E-state index is 7.57. The lowest BCUT2D eigenvalue weighted by Gasteiger charge is -2.28. The van der Waals surface area contributed by atoms with Gasteiger partial charge in [0.2, 0.25) is 0 Å². The number of aliphatic hydroxyl groups is 1. The molecule has 16 heavy (non-hydrogen) atoms. The largest absolute Gasteiger partial charge is 0.397 e. The van der Waals surface area contributed by atoms with Gasteiger partial charge in [-0.1, -0.05) is 27.7 Å². The van der Waals surface area contributed by atoms with E-state index in [1.807, 2.05) is 13.8 Å². The average Bonchev–Trinajstić information content (AvgIpc) is 2.74. The number of alkyl halides is 1. The molecular formula is C13H27IO2. The second kappa shape index (κ2) is 6.55. The standard InChI is InChI=1S/C9H15IO.C2H6O.C2H6/c1-6-4-7(2)8(3)9(10,5-6)11-8;1-2-3;1-2/h6-7H,4-5H2,1-3H3;3H,2H2,1H3;1-2H3. The van der Waals surface area contributed by atoms with Gasteiger partial charge in [-0.25, -0.2) is 0 Å². The molecule has 3 heteroatoms. The van der Waals surface area contributed by atoms with E-state index in [-0.39, 0.29) is 15.8 Å². The monoisotopic (exact) mass is 342 g/mol. The van der Waals surface area contributed by atoms with E-state index in [0.29, 0.717) is 0 Å². The lowest BCUT2D eigenvalue weighted by atomic mass is 9.76. The molecule has 2 rings (SSSR count). The molecule has 0 aromatic carbocycles. The van der Waals surface area contributed by atoms with Crippen LogP contribution in [0.3, 0.4) is 0 Å². The van der Waals surface area contributed by atoms with Crippen LogP contribution in [0.15, 0.2) is 0 Å². The molecule has 4 atom stereocenters. The van der Waals surface area contributed by atoms with Crippen molar-refractivity contribution in [3.8, 4) is 0 Å². The lowest BCUT2D eigenvalue weighted by Crippen LogP contribution is -2.33. The van der Waals surface area contributed by atoms with Crippen molar-refractivity contribution in [1.82, 2.24) is 0 Å². The van der Waals surface area contributed by atoms with Crippen LogP contribution in [0.4, 0.5) is 0 Å². The van der Waals surface area contributed by atoms with Gasteiger partial charge in [-0.15, -0.1) is 0 Å². The first-order valence-electron chi connectivity index (χ1n) is 6.39. The average molecular weight is 342 g/mol. The summed E-state index contributed by atoms with van der Waals surface area (Å²) in [5.41, 5.74) is 0.208. The fourth-order valence-corrected chi connectivity index (χ4v) is 4.12. The molecule has 1 saturated heterocycles. The Morgan fingerprint density at radius 1 is 1.38 bits per heavy atom. The molecule has 2 fully saturated rings. The first kappa shape index (κ1) is 16.6. The SMILES string of the molecule is CC.CC1CC(C)C2(C)OC2(I)C1.CCO. The van der Waals surface area contributed by atoms with Crippen molar-refractivity contribution in [1.29, 1.82) is 0 Å². The normalized spacial score (nSPS) is 44.2. The molecule has 0 spiro atoms. The number of ether oxygens (including phenoxy) is 1. The van der Waals surface area contributed by atoms with Crippen LogP contribution in [0, 0.1) is 11.8 Å². The van der Waals surface area contributed by atoms with Crippen molar-refractivity contribution in [3.05, 3.63) is 0 Å². The van der Waals surface area contributed by atoms with Crippen LogP contribution >= 0.6 is 22.6 Å². The van der Waals surface area contributed by atoms with E-state index in [4.69, 9.17) is 9.84 Å². The van der Waals surface area contributed by atoms with Crippen molar-refractivity contribution in [2.24, 2.45) is 11.8 Å². The fourth-order valence-electron chi connectivity index (χ4n) is 2.38. The van der Waals surface area contributed by atoms with E-state index in [2.05, 4.69) is 43.4 Å². The summed E-state index contributed by atoms with van der Waals surface area (Å²) >= 11 is 2.49. The minimum Gasteiger partial charge on any atom is -0.397 e. The van der Waals surface area contributed by atoms with E-state index in [9.17, 15) is 0 Å². The van der Waals surface area contributed by atoms with Crippen molar-refractivity contribution in [2.75, 3.05) is 6.61 Å². The van der Waals surface area contributed by atoms with E-state index in [1.54, 1.807) is 6.92 Å². The summed E-state index contributed by atoms with van der Waals surface area (Å²) in [5, 5.41) is 7.57. The number of epoxide rings is 1. The van der Waals surface area contributed by atoms with E-state index < -0.39 is 0 Å². The molecule has 0 bridgehead atoms. The zero-order chi connectivity index (χ0) is 13.0. The van der Waals surface area contributed by atoms with E-state index >= 15 is 0 Å². The molecule has 2 nitrogen and oxygen atoms in total. The maximum atomic E-state index is 7.57. The van der Waals surface area contributed by atoms with Crippen molar-refractivity contribution in [3.63, 3.8) is 0 Å². The van der Waals surface area contributed by atoms with Crippen LogP contribution in [-0.4, -0.2) is 20.9 Å². The van der Waals surface area contributed by atoms with Gasteiger partial charge in [0, 0.05) is 6.61 Å². The van der Waals surface area contributed by atoms with Gasteiger partial charge in [-0.2, -0.15) is 0 Å². The highest BCUT2D eigenvalue weighted by atomic mass is 127. The Morgan fingerprint density at radius 2 is 1.81 bits per heavy atom. The topological polar surface area (TPSA) is 32.8 Å². The summed E-state index contributed by atoms with van der Waals surface area (Å²) in [6, 6.07) is 0. The fraction of sp³-hybridized carbons (Fsp3) is 1.00. The maximum Gasteiger partial charge on any atom is 0.149 e. The quantitative estimate of drug-likeness (QED) is 0.410. The number of fused-ring (bicyclic) bond motifs is 1. The molecule has 1 heterocycles. The Labute approximate surface area is 114 Å². The second-order valence-corrected chi connectivity index (χ2v) is 6.44. The van der Waals surface area contributed by atoms with Gasteiger partial charge in [-0.05, 0) is 61.1 Å². The summed E-state index contributed by atoms with van der Waals surface area (Å²) in [7, 11) is 0. The second-order valence-electron chi connectivity index (χ2n) is 4.70. The minimum atomic E-state index is 0.196. The molecule has 98 valence electrons. The van der Waals surface area contributed by atoms with Crippen molar-refractivity contribution < 1.29 is 9.84 Å². The van der Waals surface area contributed by atoms with E-state index in [0.717, 1.165) is 11.8 Å². The molecule has 1 aliphatic heterocycles. The summed E-state index contributed by atoms with van der Waals surface area (Å²) < 4.78 is 6.02. The summed E-state index contributed by atoms with van der Waals surface area (Å²) in [5.74, 6) is 1.58. The number of hydrogen-bond donors (Lipinski definition) is 1. The van der Waals surface area contributed by atoms with Crippen LogP contribution in [0.25, 0.3) is 0 Å². The highest BCUT2D eigenvalue weighted by molar-refractivity contribution is 14.1. The number of halogens is 1. The first-order chi connectivity index (χ1) is 7.39. The smallest absolute Gasteiger partial charge is 0.149 e. The van der Waals surface area contributed by atoms with Crippen LogP contribution < -0.4 is 0 Å². The van der Waals surface area contributed by atoms with Crippen molar-refractivity contribution in [2.45, 2.75) is 63.6 Å². The van der Waals surface area contributed by atoms with E-state index in [1.165, 1.54) is 12.8 Å². The highest BCUT2D eigenvalue weighted by Gasteiger charge is 2.69. The molecule has 1 N–H and O–H groups in total. The van der Waals surface area contributed by atoms with Gasteiger partial charge >= 0.3 is 0 Å². The molecule has 1 aliphatic carbocycles.